The molecule has 1 aromatic rings. The highest BCUT2D eigenvalue weighted by atomic mass is 16.5. The van der Waals surface area contributed by atoms with Gasteiger partial charge in [0.2, 0.25) is 0 Å². The van der Waals surface area contributed by atoms with Gasteiger partial charge >= 0.3 is 0 Å². The average Bonchev–Trinajstić information content (AvgIpc) is 2.15. The second kappa shape index (κ2) is 4.43. The highest BCUT2D eigenvalue weighted by molar-refractivity contribution is 5.51. The van der Waals surface area contributed by atoms with Crippen molar-refractivity contribution in [2.45, 2.75) is 13.3 Å². The molecule has 12 heavy (non-hydrogen) atoms. The van der Waals surface area contributed by atoms with Crippen molar-refractivity contribution in [3.63, 3.8) is 0 Å². The van der Waals surface area contributed by atoms with Gasteiger partial charge in [0.1, 0.15) is 12.4 Å². The van der Waals surface area contributed by atoms with Crippen molar-refractivity contribution in [1.29, 1.82) is 0 Å². The molecule has 64 valence electrons. The molecule has 0 atom stereocenters. The molecule has 1 heterocycles. The molecule has 0 saturated heterocycles. The van der Waals surface area contributed by atoms with Gasteiger partial charge in [0.15, 0.2) is 12.0 Å². The van der Waals surface area contributed by atoms with E-state index >= 15 is 0 Å². The van der Waals surface area contributed by atoms with Gasteiger partial charge in [-0.25, -0.2) is 9.97 Å². The number of aryl methyl sites for hydroxylation is 1. The standard InChI is InChI=1S/C8H10N2O2/c1-2-8-9-5-7(6-10-8)12-4-3-11/h3,5-6H,2,4H2,1H3. The zero-order valence-electron chi connectivity index (χ0n) is 6.86. The van der Waals surface area contributed by atoms with E-state index in [0.29, 0.717) is 12.0 Å². The van der Waals surface area contributed by atoms with Crippen LogP contribution in [0.15, 0.2) is 12.4 Å². The molecule has 0 aliphatic rings. The first-order chi connectivity index (χ1) is 5.86. The van der Waals surface area contributed by atoms with Crippen LogP contribution in [-0.4, -0.2) is 22.9 Å². The second-order valence-electron chi connectivity index (χ2n) is 2.17. The summed E-state index contributed by atoms with van der Waals surface area (Å²) < 4.78 is 4.96. The maximum absolute atomic E-state index is 9.94. The lowest BCUT2D eigenvalue weighted by Gasteiger charge is -2.00. The van der Waals surface area contributed by atoms with Crippen molar-refractivity contribution >= 4 is 6.29 Å². The molecule has 0 saturated carbocycles. The summed E-state index contributed by atoms with van der Waals surface area (Å²) in [6, 6.07) is 0. The normalized spacial score (nSPS) is 9.42. The lowest BCUT2D eigenvalue weighted by Crippen LogP contribution is -2.00. The molecule has 0 bridgehead atoms. The van der Waals surface area contributed by atoms with Crippen LogP contribution in [0, 0.1) is 0 Å². The van der Waals surface area contributed by atoms with Gasteiger partial charge in [-0.3, -0.25) is 4.79 Å². The van der Waals surface area contributed by atoms with Gasteiger partial charge < -0.3 is 4.74 Å². The van der Waals surface area contributed by atoms with Gasteiger partial charge in [-0.2, -0.15) is 0 Å². The maximum atomic E-state index is 9.94. The van der Waals surface area contributed by atoms with Crippen LogP contribution >= 0.6 is 0 Å². The van der Waals surface area contributed by atoms with Gasteiger partial charge in [0, 0.05) is 6.42 Å². The second-order valence-corrected chi connectivity index (χ2v) is 2.17. The Labute approximate surface area is 70.6 Å². The Morgan fingerprint density at radius 2 is 2.17 bits per heavy atom. The molecule has 0 aliphatic carbocycles. The molecular formula is C8H10N2O2. The molecule has 4 nitrogen and oxygen atoms in total. The predicted molar refractivity (Wildman–Crippen MR) is 43.0 cm³/mol. The van der Waals surface area contributed by atoms with E-state index in [-0.39, 0.29) is 6.61 Å². The fourth-order valence-electron chi connectivity index (χ4n) is 0.730. The number of hydrogen-bond donors (Lipinski definition) is 0. The number of ether oxygens (including phenoxy) is 1. The van der Waals surface area contributed by atoms with Crippen molar-refractivity contribution in [1.82, 2.24) is 9.97 Å². The molecule has 1 rings (SSSR count). The summed E-state index contributed by atoms with van der Waals surface area (Å²) in [5, 5.41) is 0. The van der Waals surface area contributed by atoms with Crippen LogP contribution in [0.1, 0.15) is 12.7 Å². The Bertz CT molecular complexity index is 246. The average molecular weight is 166 g/mol. The number of aromatic nitrogens is 2. The van der Waals surface area contributed by atoms with Crippen molar-refractivity contribution in [2.75, 3.05) is 6.61 Å². The summed E-state index contributed by atoms with van der Waals surface area (Å²) in [6.07, 6.45) is 4.62. The molecule has 0 N–H and O–H groups in total. The van der Waals surface area contributed by atoms with Crippen LogP contribution in [-0.2, 0) is 11.2 Å². The maximum Gasteiger partial charge on any atom is 0.157 e. The first-order valence-electron chi connectivity index (χ1n) is 3.74. The van der Waals surface area contributed by atoms with E-state index in [4.69, 9.17) is 4.74 Å². The van der Waals surface area contributed by atoms with Gasteiger partial charge in [-0.05, 0) is 0 Å². The van der Waals surface area contributed by atoms with Crippen LogP contribution in [0.2, 0.25) is 0 Å². The van der Waals surface area contributed by atoms with Crippen LogP contribution in [0.25, 0.3) is 0 Å². The minimum absolute atomic E-state index is 0.0504. The van der Waals surface area contributed by atoms with Gasteiger partial charge in [-0.1, -0.05) is 6.92 Å². The zero-order chi connectivity index (χ0) is 8.81. The molecule has 0 unspecified atom stereocenters. The molecule has 4 heteroatoms. The Morgan fingerprint density at radius 3 is 2.67 bits per heavy atom. The van der Waals surface area contributed by atoms with Crippen molar-refractivity contribution in [2.24, 2.45) is 0 Å². The zero-order valence-corrected chi connectivity index (χ0v) is 6.86. The molecule has 0 spiro atoms. The van der Waals surface area contributed by atoms with Crippen LogP contribution in [0.5, 0.6) is 5.75 Å². The number of nitrogens with zero attached hydrogens (tertiary/aromatic N) is 2. The Balaban J connectivity index is 2.58. The summed E-state index contributed by atoms with van der Waals surface area (Å²) in [6.45, 7) is 2.02. The van der Waals surface area contributed by atoms with E-state index in [9.17, 15) is 4.79 Å². The monoisotopic (exact) mass is 166 g/mol. The minimum Gasteiger partial charge on any atom is -0.483 e. The first kappa shape index (κ1) is 8.64. The van der Waals surface area contributed by atoms with Crippen LogP contribution in [0.4, 0.5) is 0 Å². The summed E-state index contributed by atoms with van der Waals surface area (Å²) >= 11 is 0. The highest BCUT2D eigenvalue weighted by Gasteiger charge is 1.94. The lowest BCUT2D eigenvalue weighted by molar-refractivity contribution is -0.109. The topological polar surface area (TPSA) is 52.1 Å². The number of hydrogen-bond acceptors (Lipinski definition) is 4. The summed E-state index contributed by atoms with van der Waals surface area (Å²) in [5.74, 6) is 1.30. The van der Waals surface area contributed by atoms with E-state index in [1.807, 2.05) is 6.92 Å². The molecule has 0 amide bonds. The quantitative estimate of drug-likeness (QED) is 0.615. The largest absolute Gasteiger partial charge is 0.483 e. The van der Waals surface area contributed by atoms with E-state index in [2.05, 4.69) is 9.97 Å². The summed E-state index contributed by atoms with van der Waals surface area (Å²) in [5.41, 5.74) is 0. The predicted octanol–water partition coefficient (Wildman–Crippen LogP) is 0.617. The molecule has 0 fully saturated rings. The number of carbonyl (C=O) groups is 1. The van der Waals surface area contributed by atoms with Crippen LogP contribution < -0.4 is 4.74 Å². The first-order valence-corrected chi connectivity index (χ1v) is 3.74. The lowest BCUT2D eigenvalue weighted by atomic mass is 10.4. The molecule has 0 aliphatic heterocycles. The molecule has 0 radical (unpaired) electrons. The molecule has 1 aromatic heterocycles. The molecular weight excluding hydrogens is 156 g/mol. The Morgan fingerprint density at radius 1 is 1.50 bits per heavy atom. The number of aldehydes is 1. The fraction of sp³-hybridized carbons (Fsp3) is 0.375. The summed E-state index contributed by atoms with van der Waals surface area (Å²) in [7, 11) is 0. The van der Waals surface area contributed by atoms with E-state index < -0.39 is 0 Å². The smallest absolute Gasteiger partial charge is 0.157 e. The van der Waals surface area contributed by atoms with Crippen molar-refractivity contribution < 1.29 is 9.53 Å². The highest BCUT2D eigenvalue weighted by Crippen LogP contribution is 2.05. The van der Waals surface area contributed by atoms with Gasteiger partial charge in [0.25, 0.3) is 0 Å². The van der Waals surface area contributed by atoms with E-state index in [1.54, 1.807) is 12.4 Å². The van der Waals surface area contributed by atoms with E-state index in [1.165, 1.54) is 0 Å². The number of carbonyl (C=O) groups excluding carboxylic acids is 1. The van der Waals surface area contributed by atoms with E-state index in [0.717, 1.165) is 12.2 Å². The molecule has 0 aromatic carbocycles. The van der Waals surface area contributed by atoms with Crippen molar-refractivity contribution in [3.05, 3.63) is 18.2 Å². The summed E-state index contributed by atoms with van der Waals surface area (Å²) in [4.78, 5) is 17.9. The van der Waals surface area contributed by atoms with Gasteiger partial charge in [-0.15, -0.1) is 0 Å². The van der Waals surface area contributed by atoms with Gasteiger partial charge in [0.05, 0.1) is 12.4 Å². The third-order valence-corrected chi connectivity index (χ3v) is 1.32. The third kappa shape index (κ3) is 2.30. The number of rotatable bonds is 4. The SMILES string of the molecule is CCc1ncc(OCC=O)cn1. The Hall–Kier alpha value is -1.45. The van der Waals surface area contributed by atoms with Crippen LogP contribution in [0.3, 0.4) is 0 Å². The van der Waals surface area contributed by atoms with Crippen molar-refractivity contribution in [3.8, 4) is 5.75 Å². The fourth-order valence-corrected chi connectivity index (χ4v) is 0.730. The Kier molecular flexibility index (Phi) is 3.19. The third-order valence-electron chi connectivity index (χ3n) is 1.32. The minimum atomic E-state index is 0.0504.